The largest absolute Gasteiger partial charge is 0.348 e. The lowest BCUT2D eigenvalue weighted by Gasteiger charge is -1.86. The van der Waals surface area contributed by atoms with Crippen LogP contribution in [0.4, 0.5) is 0 Å². The molecule has 3 heteroatoms. The van der Waals surface area contributed by atoms with Crippen LogP contribution >= 0.6 is 0 Å². The molecule has 2 rings (SSSR count). The zero-order valence-electron chi connectivity index (χ0n) is 5.04. The highest BCUT2D eigenvalue weighted by Gasteiger charge is 2.35. The summed E-state index contributed by atoms with van der Waals surface area (Å²) in [7, 11) is 0. The van der Waals surface area contributed by atoms with Crippen molar-refractivity contribution in [1.82, 2.24) is 9.97 Å². The maximum atomic E-state index is 5.61. The molecule has 3 N–H and O–H groups in total. The Balaban J connectivity index is 2.18. The average Bonchev–Trinajstić information content (AvgIpc) is 2.44. The number of aromatic nitrogens is 2. The Kier molecular flexibility index (Phi) is 0.873. The van der Waals surface area contributed by atoms with Crippen molar-refractivity contribution >= 4 is 0 Å². The van der Waals surface area contributed by atoms with Gasteiger partial charge in [-0.1, -0.05) is 0 Å². The van der Waals surface area contributed by atoms with Gasteiger partial charge in [0.15, 0.2) is 0 Å². The summed E-state index contributed by atoms with van der Waals surface area (Å²) in [4.78, 5) is 6.95. The Morgan fingerprint density at radius 1 is 1.78 bits per heavy atom. The van der Waals surface area contributed by atoms with Crippen LogP contribution < -0.4 is 5.73 Å². The summed E-state index contributed by atoms with van der Waals surface area (Å²) in [5.74, 6) is 0.562. The third-order valence-corrected chi connectivity index (χ3v) is 1.76. The SMILES string of the molecule is NC1C[C@H]1c1cnc[nH]1. The molecule has 1 unspecified atom stereocenters. The molecule has 0 radical (unpaired) electrons. The van der Waals surface area contributed by atoms with Gasteiger partial charge >= 0.3 is 0 Å². The average molecular weight is 123 g/mol. The molecule has 1 heterocycles. The van der Waals surface area contributed by atoms with Gasteiger partial charge in [-0.15, -0.1) is 0 Å². The maximum absolute atomic E-state index is 5.61. The molecule has 1 saturated carbocycles. The fraction of sp³-hybridized carbons (Fsp3) is 0.500. The van der Waals surface area contributed by atoms with Crippen molar-refractivity contribution in [1.29, 1.82) is 0 Å². The highest BCUT2D eigenvalue weighted by atomic mass is 14.9. The van der Waals surface area contributed by atoms with Crippen molar-refractivity contribution in [3.8, 4) is 0 Å². The predicted molar refractivity (Wildman–Crippen MR) is 33.9 cm³/mol. The summed E-state index contributed by atoms with van der Waals surface area (Å²) in [5.41, 5.74) is 6.79. The van der Waals surface area contributed by atoms with E-state index in [4.69, 9.17) is 5.73 Å². The molecular formula is C6H9N3. The summed E-state index contributed by atoms with van der Waals surface area (Å²) in [6.07, 6.45) is 4.65. The number of nitrogens with zero attached hydrogens (tertiary/aromatic N) is 1. The van der Waals surface area contributed by atoms with E-state index in [1.165, 1.54) is 5.69 Å². The van der Waals surface area contributed by atoms with Crippen molar-refractivity contribution in [2.75, 3.05) is 0 Å². The quantitative estimate of drug-likeness (QED) is 0.561. The van der Waals surface area contributed by atoms with Gasteiger partial charge in [0.05, 0.1) is 6.33 Å². The molecule has 3 nitrogen and oxygen atoms in total. The van der Waals surface area contributed by atoms with E-state index in [0.29, 0.717) is 12.0 Å². The first-order valence-electron chi connectivity index (χ1n) is 3.12. The second kappa shape index (κ2) is 1.57. The molecule has 0 aliphatic heterocycles. The number of rotatable bonds is 1. The Labute approximate surface area is 53.3 Å². The van der Waals surface area contributed by atoms with Gasteiger partial charge < -0.3 is 10.7 Å². The van der Waals surface area contributed by atoms with Gasteiger partial charge in [-0.2, -0.15) is 0 Å². The molecule has 1 fully saturated rings. The van der Waals surface area contributed by atoms with Gasteiger partial charge in [0.2, 0.25) is 0 Å². The van der Waals surface area contributed by atoms with Gasteiger partial charge in [-0.05, 0) is 6.42 Å². The van der Waals surface area contributed by atoms with Crippen molar-refractivity contribution in [2.45, 2.75) is 18.4 Å². The monoisotopic (exact) mass is 123 g/mol. The van der Waals surface area contributed by atoms with Crippen molar-refractivity contribution in [2.24, 2.45) is 5.73 Å². The highest BCUT2D eigenvalue weighted by Crippen LogP contribution is 2.37. The van der Waals surface area contributed by atoms with Crippen LogP contribution in [-0.4, -0.2) is 16.0 Å². The fourth-order valence-corrected chi connectivity index (χ4v) is 1.04. The molecule has 1 aliphatic rings. The van der Waals surface area contributed by atoms with E-state index in [1.54, 1.807) is 6.33 Å². The molecule has 1 aliphatic carbocycles. The Morgan fingerprint density at radius 2 is 2.56 bits per heavy atom. The second-order valence-corrected chi connectivity index (χ2v) is 2.51. The smallest absolute Gasteiger partial charge is 0.0921 e. The number of aromatic amines is 1. The van der Waals surface area contributed by atoms with Gasteiger partial charge in [-0.3, -0.25) is 0 Å². The van der Waals surface area contributed by atoms with Crippen LogP contribution in [0.2, 0.25) is 0 Å². The predicted octanol–water partition coefficient (Wildman–Crippen LogP) is 0.224. The molecule has 0 saturated heterocycles. The maximum Gasteiger partial charge on any atom is 0.0921 e. The lowest BCUT2D eigenvalue weighted by Crippen LogP contribution is -2.00. The summed E-state index contributed by atoms with van der Waals surface area (Å²) in [5, 5.41) is 0. The Morgan fingerprint density at radius 3 is 3.00 bits per heavy atom. The number of hydrogen-bond donors (Lipinski definition) is 2. The lowest BCUT2D eigenvalue weighted by atomic mass is 10.3. The first kappa shape index (κ1) is 4.99. The van der Waals surface area contributed by atoms with Gasteiger partial charge in [0.1, 0.15) is 0 Å². The van der Waals surface area contributed by atoms with E-state index in [9.17, 15) is 0 Å². The first-order valence-corrected chi connectivity index (χ1v) is 3.12. The first-order chi connectivity index (χ1) is 4.38. The third kappa shape index (κ3) is 0.733. The van der Waals surface area contributed by atoms with Crippen LogP contribution in [0.25, 0.3) is 0 Å². The Bertz CT molecular complexity index is 192. The molecule has 0 amide bonds. The number of imidazole rings is 1. The van der Waals surface area contributed by atoms with E-state index in [1.807, 2.05) is 6.20 Å². The number of nitrogens with one attached hydrogen (secondary N) is 1. The minimum absolute atomic E-state index is 0.380. The zero-order chi connectivity index (χ0) is 6.27. The van der Waals surface area contributed by atoms with E-state index in [0.717, 1.165) is 6.42 Å². The number of nitrogens with two attached hydrogens (primary N) is 1. The molecule has 1 aromatic heterocycles. The van der Waals surface area contributed by atoms with Crippen LogP contribution in [-0.2, 0) is 0 Å². The Hall–Kier alpha value is -0.830. The summed E-state index contributed by atoms with van der Waals surface area (Å²) in [6.45, 7) is 0. The van der Waals surface area contributed by atoms with Crippen LogP contribution in [0, 0.1) is 0 Å². The zero-order valence-corrected chi connectivity index (χ0v) is 5.04. The standard InChI is InChI=1S/C6H9N3/c7-5-1-4(5)6-2-8-3-9-6/h2-5H,1,7H2,(H,8,9)/t4-,5?/m1/s1. The number of hydrogen-bond acceptors (Lipinski definition) is 2. The van der Waals surface area contributed by atoms with E-state index < -0.39 is 0 Å². The van der Waals surface area contributed by atoms with Gasteiger partial charge in [-0.25, -0.2) is 4.98 Å². The van der Waals surface area contributed by atoms with Gasteiger partial charge in [0, 0.05) is 23.9 Å². The van der Waals surface area contributed by atoms with Crippen molar-refractivity contribution in [3.05, 3.63) is 18.2 Å². The summed E-state index contributed by atoms with van der Waals surface area (Å²) >= 11 is 0. The van der Waals surface area contributed by atoms with Crippen LogP contribution in [0.5, 0.6) is 0 Å². The summed E-state index contributed by atoms with van der Waals surface area (Å²) < 4.78 is 0. The van der Waals surface area contributed by atoms with Gasteiger partial charge in [0.25, 0.3) is 0 Å². The van der Waals surface area contributed by atoms with Crippen LogP contribution in [0.3, 0.4) is 0 Å². The van der Waals surface area contributed by atoms with E-state index >= 15 is 0 Å². The number of H-pyrrole nitrogens is 1. The fourth-order valence-electron chi connectivity index (χ4n) is 1.04. The lowest BCUT2D eigenvalue weighted by molar-refractivity contribution is 0.958. The van der Waals surface area contributed by atoms with Crippen molar-refractivity contribution in [3.63, 3.8) is 0 Å². The van der Waals surface area contributed by atoms with E-state index in [-0.39, 0.29) is 0 Å². The minimum atomic E-state index is 0.380. The second-order valence-electron chi connectivity index (χ2n) is 2.51. The molecule has 0 spiro atoms. The highest BCUT2D eigenvalue weighted by molar-refractivity contribution is 5.16. The molecular weight excluding hydrogens is 114 g/mol. The third-order valence-electron chi connectivity index (χ3n) is 1.76. The molecule has 48 valence electrons. The molecule has 1 aromatic rings. The molecule has 0 bridgehead atoms. The minimum Gasteiger partial charge on any atom is -0.348 e. The van der Waals surface area contributed by atoms with Crippen LogP contribution in [0.1, 0.15) is 18.0 Å². The topological polar surface area (TPSA) is 54.7 Å². The van der Waals surface area contributed by atoms with Crippen molar-refractivity contribution < 1.29 is 0 Å². The normalized spacial score (nSPS) is 32.6. The molecule has 2 atom stereocenters. The summed E-state index contributed by atoms with van der Waals surface area (Å²) in [6, 6.07) is 0.380. The molecule has 0 aromatic carbocycles. The molecule has 9 heavy (non-hydrogen) atoms. The van der Waals surface area contributed by atoms with E-state index in [2.05, 4.69) is 9.97 Å². The van der Waals surface area contributed by atoms with Crippen LogP contribution in [0.15, 0.2) is 12.5 Å².